The lowest BCUT2D eigenvalue weighted by molar-refractivity contribution is 0.164. The molecule has 0 saturated heterocycles. The number of hydrogen-bond acceptors (Lipinski definition) is 4. The first-order valence-electron chi connectivity index (χ1n) is 5.57. The molecule has 5 nitrogen and oxygen atoms in total. The number of aromatic amines is 1. The highest BCUT2D eigenvalue weighted by Gasteiger charge is 2.20. The van der Waals surface area contributed by atoms with Crippen LogP contribution in [0.5, 0.6) is 11.5 Å². The molecule has 0 bridgehead atoms. The molecule has 0 saturated carbocycles. The number of nitrogens with two attached hydrogens (primary N) is 1. The number of anilines is 1. The average molecular weight is 249 g/mol. The van der Waals surface area contributed by atoms with E-state index in [1.165, 1.54) is 6.07 Å². The molecular weight excluding hydrogens is 237 g/mol. The monoisotopic (exact) mass is 249 g/mol. The van der Waals surface area contributed by atoms with E-state index < -0.39 is 5.82 Å². The van der Waals surface area contributed by atoms with Gasteiger partial charge < -0.3 is 15.2 Å². The van der Waals surface area contributed by atoms with E-state index in [1.54, 1.807) is 6.07 Å². The lowest BCUT2D eigenvalue weighted by atomic mass is 10.0. The second-order valence-electron chi connectivity index (χ2n) is 4.09. The minimum atomic E-state index is -0.456. The van der Waals surface area contributed by atoms with E-state index in [0.717, 1.165) is 5.69 Å². The van der Waals surface area contributed by atoms with Crippen LogP contribution >= 0.6 is 0 Å². The molecule has 0 fully saturated rings. The Balaban J connectivity index is 2.17. The van der Waals surface area contributed by atoms with E-state index in [0.29, 0.717) is 35.9 Å². The summed E-state index contributed by atoms with van der Waals surface area (Å²) in [5, 5.41) is 6.66. The van der Waals surface area contributed by atoms with E-state index in [4.69, 9.17) is 15.2 Å². The molecule has 1 aliphatic heterocycles. The fourth-order valence-corrected chi connectivity index (χ4v) is 2.07. The highest BCUT2D eigenvalue weighted by molar-refractivity contribution is 5.77. The minimum Gasteiger partial charge on any atom is -0.486 e. The Labute approximate surface area is 103 Å². The number of hydrogen-bond donors (Lipinski definition) is 2. The van der Waals surface area contributed by atoms with Crippen LogP contribution in [0.25, 0.3) is 11.1 Å². The fraction of sp³-hybridized carbons (Fsp3) is 0.250. The highest BCUT2D eigenvalue weighted by Crippen LogP contribution is 2.39. The molecule has 6 heteroatoms. The number of rotatable bonds is 1. The first-order chi connectivity index (χ1) is 8.66. The number of nitrogens with one attached hydrogen (secondary N) is 1. The zero-order valence-electron chi connectivity index (χ0n) is 9.79. The van der Waals surface area contributed by atoms with Gasteiger partial charge in [-0.3, -0.25) is 5.10 Å². The predicted octanol–water partition coefficient (Wildman–Crippen LogP) is 1.88. The minimum absolute atomic E-state index is 0.157. The second-order valence-corrected chi connectivity index (χ2v) is 4.09. The van der Waals surface area contributed by atoms with Crippen LogP contribution in [0.1, 0.15) is 5.69 Å². The number of fused-ring (bicyclic) bond motifs is 1. The first-order valence-corrected chi connectivity index (χ1v) is 5.57. The molecular formula is C12H12FN3O2. The van der Waals surface area contributed by atoms with Gasteiger partial charge in [-0.2, -0.15) is 5.10 Å². The van der Waals surface area contributed by atoms with Crippen molar-refractivity contribution in [2.45, 2.75) is 6.92 Å². The molecule has 0 radical (unpaired) electrons. The summed E-state index contributed by atoms with van der Waals surface area (Å²) in [6.45, 7) is 2.60. The van der Waals surface area contributed by atoms with Crippen LogP contribution in [0.4, 0.5) is 10.2 Å². The normalized spacial score (nSPS) is 13.7. The molecule has 0 atom stereocenters. The Kier molecular flexibility index (Phi) is 2.36. The van der Waals surface area contributed by atoms with E-state index in [-0.39, 0.29) is 5.75 Å². The Morgan fingerprint density at radius 2 is 2.11 bits per heavy atom. The Hall–Kier alpha value is -2.24. The third-order valence-corrected chi connectivity index (χ3v) is 2.86. The molecule has 3 N–H and O–H groups in total. The lowest BCUT2D eigenvalue weighted by Gasteiger charge is -2.19. The standard InChI is InChI=1S/C12H12FN3O2/c1-6-10(12(14)16-15-6)7-4-8(13)11-9(5-7)17-2-3-18-11/h4-5H,2-3H2,1H3,(H3,14,15,16). The summed E-state index contributed by atoms with van der Waals surface area (Å²) in [5.41, 5.74) is 7.86. The van der Waals surface area contributed by atoms with E-state index in [1.807, 2.05) is 6.92 Å². The number of nitrogen functional groups attached to an aromatic ring is 1. The number of aromatic nitrogens is 2. The number of aryl methyl sites for hydroxylation is 1. The van der Waals surface area contributed by atoms with Gasteiger partial charge in [0.05, 0.1) is 0 Å². The van der Waals surface area contributed by atoms with Gasteiger partial charge in [0, 0.05) is 11.3 Å². The smallest absolute Gasteiger partial charge is 0.197 e. The van der Waals surface area contributed by atoms with Gasteiger partial charge in [-0.15, -0.1) is 0 Å². The Morgan fingerprint density at radius 3 is 2.83 bits per heavy atom. The van der Waals surface area contributed by atoms with Crippen molar-refractivity contribution in [2.75, 3.05) is 18.9 Å². The van der Waals surface area contributed by atoms with Gasteiger partial charge in [-0.05, 0) is 24.6 Å². The molecule has 18 heavy (non-hydrogen) atoms. The van der Waals surface area contributed by atoms with Crippen LogP contribution in [0, 0.1) is 12.7 Å². The van der Waals surface area contributed by atoms with Crippen molar-refractivity contribution in [3.05, 3.63) is 23.6 Å². The maximum absolute atomic E-state index is 13.9. The van der Waals surface area contributed by atoms with Crippen molar-refractivity contribution < 1.29 is 13.9 Å². The van der Waals surface area contributed by atoms with Crippen molar-refractivity contribution in [3.63, 3.8) is 0 Å². The van der Waals surface area contributed by atoms with Crippen LogP contribution in [-0.4, -0.2) is 23.4 Å². The summed E-state index contributed by atoms with van der Waals surface area (Å²) in [5.74, 6) is 0.437. The van der Waals surface area contributed by atoms with Crippen molar-refractivity contribution >= 4 is 5.82 Å². The number of H-pyrrole nitrogens is 1. The summed E-state index contributed by atoms with van der Waals surface area (Å²) in [7, 11) is 0. The summed E-state index contributed by atoms with van der Waals surface area (Å²) >= 11 is 0. The summed E-state index contributed by atoms with van der Waals surface area (Å²) in [6, 6.07) is 3.09. The van der Waals surface area contributed by atoms with Crippen molar-refractivity contribution in [3.8, 4) is 22.6 Å². The maximum atomic E-state index is 13.9. The predicted molar refractivity (Wildman–Crippen MR) is 64.1 cm³/mol. The van der Waals surface area contributed by atoms with E-state index >= 15 is 0 Å². The zero-order chi connectivity index (χ0) is 12.7. The zero-order valence-corrected chi connectivity index (χ0v) is 9.79. The Bertz CT molecular complexity index is 590. The fourth-order valence-electron chi connectivity index (χ4n) is 2.07. The maximum Gasteiger partial charge on any atom is 0.197 e. The van der Waals surface area contributed by atoms with Gasteiger partial charge in [0.15, 0.2) is 23.1 Å². The number of ether oxygens (including phenoxy) is 2. The Morgan fingerprint density at radius 1 is 1.33 bits per heavy atom. The molecule has 0 aliphatic carbocycles. The van der Waals surface area contributed by atoms with Gasteiger partial charge in [-0.25, -0.2) is 4.39 Å². The SMILES string of the molecule is Cc1[nH]nc(N)c1-c1cc(F)c2c(c1)OCCO2. The van der Waals surface area contributed by atoms with E-state index in [9.17, 15) is 4.39 Å². The van der Waals surface area contributed by atoms with Crippen molar-refractivity contribution in [1.29, 1.82) is 0 Å². The summed E-state index contributed by atoms with van der Waals surface area (Å²) in [4.78, 5) is 0. The van der Waals surface area contributed by atoms with Crippen LogP contribution < -0.4 is 15.2 Å². The third-order valence-electron chi connectivity index (χ3n) is 2.86. The second kappa shape index (κ2) is 3.90. The summed E-state index contributed by atoms with van der Waals surface area (Å²) in [6.07, 6.45) is 0. The van der Waals surface area contributed by atoms with Gasteiger partial charge in [-0.1, -0.05) is 0 Å². The molecule has 1 aromatic carbocycles. The van der Waals surface area contributed by atoms with Gasteiger partial charge >= 0.3 is 0 Å². The highest BCUT2D eigenvalue weighted by atomic mass is 19.1. The molecule has 0 unspecified atom stereocenters. The molecule has 0 spiro atoms. The number of benzene rings is 1. The molecule has 3 rings (SSSR count). The average Bonchev–Trinajstić information content (AvgIpc) is 2.69. The molecule has 1 aliphatic rings. The lowest BCUT2D eigenvalue weighted by Crippen LogP contribution is -2.16. The van der Waals surface area contributed by atoms with Gasteiger partial charge in [0.25, 0.3) is 0 Å². The molecule has 94 valence electrons. The molecule has 2 aromatic rings. The third kappa shape index (κ3) is 1.57. The molecule has 2 heterocycles. The van der Waals surface area contributed by atoms with Gasteiger partial charge in [0.2, 0.25) is 0 Å². The molecule has 1 aromatic heterocycles. The van der Waals surface area contributed by atoms with Crippen molar-refractivity contribution in [1.82, 2.24) is 10.2 Å². The topological polar surface area (TPSA) is 73.2 Å². The summed E-state index contributed by atoms with van der Waals surface area (Å²) < 4.78 is 24.5. The molecule has 0 amide bonds. The first kappa shape index (κ1) is 10.9. The van der Waals surface area contributed by atoms with E-state index in [2.05, 4.69) is 10.2 Å². The van der Waals surface area contributed by atoms with Gasteiger partial charge in [0.1, 0.15) is 13.2 Å². The largest absolute Gasteiger partial charge is 0.486 e. The van der Waals surface area contributed by atoms with Crippen LogP contribution in [0.2, 0.25) is 0 Å². The van der Waals surface area contributed by atoms with Crippen LogP contribution in [-0.2, 0) is 0 Å². The van der Waals surface area contributed by atoms with Crippen molar-refractivity contribution in [2.24, 2.45) is 0 Å². The number of halogens is 1. The van der Waals surface area contributed by atoms with Crippen LogP contribution in [0.3, 0.4) is 0 Å². The quantitative estimate of drug-likeness (QED) is 0.809. The number of nitrogens with zero attached hydrogens (tertiary/aromatic N) is 1. The van der Waals surface area contributed by atoms with Crippen LogP contribution in [0.15, 0.2) is 12.1 Å².